The van der Waals surface area contributed by atoms with Crippen molar-refractivity contribution in [3.05, 3.63) is 35.9 Å². The topological polar surface area (TPSA) is 93.2 Å². The Bertz CT molecular complexity index is 750. The Morgan fingerprint density at radius 3 is 2.52 bits per heavy atom. The molecule has 2 fully saturated rings. The van der Waals surface area contributed by atoms with Crippen LogP contribution in [-0.2, 0) is 30.5 Å². The molecule has 0 radical (unpaired) electrons. The third kappa shape index (κ3) is 3.79. The van der Waals surface area contributed by atoms with Crippen molar-refractivity contribution in [3.63, 3.8) is 0 Å². The van der Waals surface area contributed by atoms with E-state index in [1.807, 2.05) is 30.3 Å². The number of hydrogen-bond donors (Lipinski definition) is 0. The number of imide groups is 1. The average molecular weight is 374 g/mol. The van der Waals surface area contributed by atoms with Crippen molar-refractivity contribution in [2.24, 2.45) is 5.92 Å². The van der Waals surface area contributed by atoms with E-state index < -0.39 is 42.6 Å². The molecule has 2 aliphatic rings. The van der Waals surface area contributed by atoms with E-state index >= 15 is 0 Å². The number of amides is 3. The fraction of sp³-hybridized carbons (Fsp3) is 0.474. The molecule has 0 aliphatic carbocycles. The molecular weight excluding hydrogens is 352 g/mol. The van der Waals surface area contributed by atoms with Gasteiger partial charge in [0, 0.05) is 13.5 Å². The van der Waals surface area contributed by atoms with Gasteiger partial charge in [0.05, 0.1) is 18.0 Å². The van der Waals surface area contributed by atoms with Gasteiger partial charge in [-0.15, -0.1) is 0 Å². The van der Waals surface area contributed by atoms with Crippen LogP contribution in [0.3, 0.4) is 0 Å². The van der Waals surface area contributed by atoms with Gasteiger partial charge in [0.1, 0.15) is 6.61 Å². The van der Waals surface area contributed by atoms with Crippen molar-refractivity contribution >= 4 is 23.9 Å². The minimum atomic E-state index is -0.586. The maximum Gasteiger partial charge on any atom is 0.410 e. The van der Waals surface area contributed by atoms with Gasteiger partial charge >= 0.3 is 12.1 Å². The quantitative estimate of drug-likeness (QED) is 0.738. The number of nitrogens with zero attached hydrogens (tertiary/aromatic N) is 2. The lowest BCUT2D eigenvalue weighted by Crippen LogP contribution is -2.44. The van der Waals surface area contributed by atoms with Crippen LogP contribution in [0.2, 0.25) is 0 Å². The summed E-state index contributed by atoms with van der Waals surface area (Å²) in [6.07, 6.45) is -0.0206. The standard InChI is InChI=1S/C19H22N2O6/c1-12-17-15(21(18(12)24)16(23)11-26-13(2)22)8-9-20(17)19(25)27-10-14-6-4-3-5-7-14/h3-7,12,15,17H,8-11H2,1-2H3/t12-,15-,17+/m1/s1. The Morgan fingerprint density at radius 2 is 1.85 bits per heavy atom. The number of esters is 1. The molecule has 2 heterocycles. The molecule has 3 amide bonds. The molecule has 1 aromatic carbocycles. The monoisotopic (exact) mass is 374 g/mol. The smallest absolute Gasteiger partial charge is 0.410 e. The van der Waals surface area contributed by atoms with Crippen LogP contribution in [0.4, 0.5) is 4.79 Å². The molecule has 0 aromatic heterocycles. The highest BCUT2D eigenvalue weighted by Gasteiger charge is 2.55. The van der Waals surface area contributed by atoms with E-state index in [0.29, 0.717) is 13.0 Å². The molecule has 8 nitrogen and oxygen atoms in total. The van der Waals surface area contributed by atoms with Crippen LogP contribution in [0.1, 0.15) is 25.8 Å². The van der Waals surface area contributed by atoms with E-state index in [2.05, 4.69) is 0 Å². The van der Waals surface area contributed by atoms with Gasteiger partial charge in [-0.3, -0.25) is 19.3 Å². The van der Waals surface area contributed by atoms with Gasteiger partial charge in [0.25, 0.3) is 5.91 Å². The number of rotatable bonds is 4. The third-order valence-electron chi connectivity index (χ3n) is 5.00. The Balaban J connectivity index is 1.66. The van der Waals surface area contributed by atoms with Crippen molar-refractivity contribution in [1.29, 1.82) is 0 Å². The first kappa shape index (κ1) is 18.9. The minimum absolute atomic E-state index is 0.144. The first-order valence-electron chi connectivity index (χ1n) is 8.86. The summed E-state index contributed by atoms with van der Waals surface area (Å²) in [4.78, 5) is 51.0. The highest BCUT2D eigenvalue weighted by Crippen LogP contribution is 2.36. The van der Waals surface area contributed by atoms with Crippen molar-refractivity contribution in [1.82, 2.24) is 9.80 Å². The summed E-state index contributed by atoms with van der Waals surface area (Å²) in [6.45, 7) is 2.96. The lowest BCUT2D eigenvalue weighted by Gasteiger charge is -2.25. The first-order chi connectivity index (χ1) is 12.9. The molecule has 1 aromatic rings. The molecule has 0 saturated carbocycles. The highest BCUT2D eigenvalue weighted by molar-refractivity contribution is 6.00. The van der Waals surface area contributed by atoms with E-state index in [0.717, 1.165) is 10.5 Å². The normalized spacial score (nSPS) is 23.9. The van der Waals surface area contributed by atoms with E-state index in [9.17, 15) is 19.2 Å². The summed E-state index contributed by atoms with van der Waals surface area (Å²) in [5.41, 5.74) is 0.871. The average Bonchev–Trinajstić information content (AvgIpc) is 3.18. The number of benzene rings is 1. The van der Waals surface area contributed by atoms with Crippen LogP contribution in [-0.4, -0.2) is 58.9 Å². The number of carbonyl (C=O) groups is 4. The second kappa shape index (κ2) is 7.77. The highest BCUT2D eigenvalue weighted by atomic mass is 16.6. The maximum atomic E-state index is 12.5. The van der Waals surface area contributed by atoms with Gasteiger partial charge in [-0.1, -0.05) is 37.3 Å². The predicted molar refractivity (Wildman–Crippen MR) is 93.2 cm³/mol. The molecule has 2 aliphatic heterocycles. The summed E-state index contributed by atoms with van der Waals surface area (Å²) in [5.74, 6) is -2.03. The van der Waals surface area contributed by atoms with Gasteiger partial charge in [0.15, 0.2) is 6.61 Å². The molecule has 3 atom stereocenters. The van der Waals surface area contributed by atoms with Gasteiger partial charge < -0.3 is 14.4 Å². The Morgan fingerprint density at radius 1 is 1.15 bits per heavy atom. The fourth-order valence-electron chi connectivity index (χ4n) is 3.77. The van der Waals surface area contributed by atoms with E-state index in [-0.39, 0.29) is 12.5 Å². The van der Waals surface area contributed by atoms with Gasteiger partial charge in [0.2, 0.25) is 5.91 Å². The zero-order valence-electron chi connectivity index (χ0n) is 15.3. The van der Waals surface area contributed by atoms with Crippen molar-refractivity contribution < 1.29 is 28.7 Å². The summed E-state index contributed by atoms with van der Waals surface area (Å²) >= 11 is 0. The van der Waals surface area contributed by atoms with Crippen LogP contribution in [0, 0.1) is 5.92 Å². The van der Waals surface area contributed by atoms with Crippen LogP contribution in [0.25, 0.3) is 0 Å². The zero-order chi connectivity index (χ0) is 19.6. The van der Waals surface area contributed by atoms with Crippen molar-refractivity contribution in [3.8, 4) is 0 Å². The van der Waals surface area contributed by atoms with E-state index in [1.54, 1.807) is 6.92 Å². The number of fused-ring (bicyclic) bond motifs is 1. The molecule has 3 rings (SSSR count). The van der Waals surface area contributed by atoms with Crippen molar-refractivity contribution in [2.75, 3.05) is 13.2 Å². The molecular formula is C19H22N2O6. The second-order valence-electron chi connectivity index (χ2n) is 6.75. The van der Waals surface area contributed by atoms with E-state index in [4.69, 9.17) is 9.47 Å². The molecule has 0 bridgehead atoms. The Labute approximate surface area is 157 Å². The fourth-order valence-corrected chi connectivity index (χ4v) is 3.77. The maximum absolute atomic E-state index is 12.5. The predicted octanol–water partition coefficient (Wildman–Crippen LogP) is 1.33. The summed E-state index contributed by atoms with van der Waals surface area (Å²) in [6, 6.07) is 8.47. The van der Waals surface area contributed by atoms with Crippen LogP contribution >= 0.6 is 0 Å². The summed E-state index contributed by atoms with van der Waals surface area (Å²) < 4.78 is 10.1. The molecule has 2 saturated heterocycles. The van der Waals surface area contributed by atoms with E-state index in [1.165, 1.54) is 11.8 Å². The van der Waals surface area contributed by atoms with Gasteiger partial charge in [-0.2, -0.15) is 0 Å². The minimum Gasteiger partial charge on any atom is -0.456 e. The van der Waals surface area contributed by atoms with Crippen LogP contribution < -0.4 is 0 Å². The lowest BCUT2D eigenvalue weighted by atomic mass is 10.0. The molecule has 0 spiro atoms. The zero-order valence-corrected chi connectivity index (χ0v) is 15.3. The van der Waals surface area contributed by atoms with Crippen LogP contribution in [0.15, 0.2) is 30.3 Å². The molecule has 27 heavy (non-hydrogen) atoms. The summed E-state index contributed by atoms with van der Waals surface area (Å²) in [7, 11) is 0. The first-order valence-corrected chi connectivity index (χ1v) is 8.86. The Hall–Kier alpha value is -2.90. The molecule has 8 heteroatoms. The molecule has 0 N–H and O–H groups in total. The number of ether oxygens (including phenoxy) is 2. The van der Waals surface area contributed by atoms with Crippen LogP contribution in [0.5, 0.6) is 0 Å². The SMILES string of the molecule is CC(=O)OCC(=O)N1C(=O)[C@H](C)[C@H]2[C@H]1CCN2C(=O)OCc1ccccc1. The molecule has 144 valence electrons. The number of likely N-dealkylation sites (tertiary alicyclic amines) is 2. The number of carbonyl (C=O) groups excluding carboxylic acids is 4. The third-order valence-corrected chi connectivity index (χ3v) is 5.00. The van der Waals surface area contributed by atoms with Gasteiger partial charge in [-0.25, -0.2) is 4.79 Å². The Kier molecular flexibility index (Phi) is 5.43. The lowest BCUT2D eigenvalue weighted by molar-refractivity contribution is -0.155. The van der Waals surface area contributed by atoms with Crippen molar-refractivity contribution in [2.45, 2.75) is 39.0 Å². The summed E-state index contributed by atoms with van der Waals surface area (Å²) in [5, 5.41) is 0. The van der Waals surface area contributed by atoms with Gasteiger partial charge in [-0.05, 0) is 12.0 Å². The number of hydrogen-bond acceptors (Lipinski definition) is 6. The largest absolute Gasteiger partial charge is 0.456 e. The second-order valence-corrected chi connectivity index (χ2v) is 6.75. The molecule has 0 unspecified atom stereocenters.